The van der Waals surface area contributed by atoms with E-state index in [0.717, 1.165) is 0 Å². The number of ketones is 2. The van der Waals surface area contributed by atoms with E-state index in [0.29, 0.717) is 0 Å². The number of carbonyl (C=O) groups is 3. The number of hydrogen-bond donors (Lipinski definition) is 7. The average molecular weight is 460 g/mol. The first kappa shape index (κ1) is 22.9. The molecular formula is C22H24N2O9. The van der Waals surface area contributed by atoms with Gasteiger partial charge in [-0.3, -0.25) is 19.3 Å². The van der Waals surface area contributed by atoms with E-state index in [-0.39, 0.29) is 11.1 Å². The molecule has 1 aromatic carbocycles. The number of benzene rings is 1. The fourth-order valence-corrected chi connectivity index (χ4v) is 5.60. The van der Waals surface area contributed by atoms with Crippen LogP contribution in [0.25, 0.3) is 0 Å². The smallest absolute Gasteiger partial charge is 0.255 e. The summed E-state index contributed by atoms with van der Waals surface area (Å²) in [6.45, 7) is 1.25. The third-order valence-corrected chi connectivity index (χ3v) is 7.04. The number of nitrogens with zero attached hydrogens (tertiary/aromatic N) is 1. The molecule has 3 aliphatic carbocycles. The van der Waals surface area contributed by atoms with Gasteiger partial charge in [-0.25, -0.2) is 0 Å². The first-order valence-corrected chi connectivity index (χ1v) is 10.1. The number of aliphatic hydroxyl groups is 5. The number of aromatic hydroxyl groups is 1. The molecule has 0 saturated carbocycles. The lowest BCUT2D eigenvalue weighted by Gasteiger charge is -2.55. The highest BCUT2D eigenvalue weighted by Crippen LogP contribution is 2.56. The van der Waals surface area contributed by atoms with Crippen LogP contribution in [-0.2, 0) is 15.2 Å². The number of nitrogens with two attached hydrogens (primary N) is 1. The number of primary amides is 1. The summed E-state index contributed by atoms with van der Waals surface area (Å²) in [6, 6.07) is 2.54. The van der Waals surface area contributed by atoms with Gasteiger partial charge in [0.2, 0.25) is 5.78 Å². The van der Waals surface area contributed by atoms with Gasteiger partial charge in [0.25, 0.3) is 5.91 Å². The molecule has 1 aromatic rings. The van der Waals surface area contributed by atoms with E-state index in [2.05, 4.69) is 0 Å². The number of phenols is 1. The number of likely N-dealkylation sites (N-methyl/N-ethyl adjacent to an activating group) is 1. The summed E-state index contributed by atoms with van der Waals surface area (Å²) in [5.74, 6) is -9.66. The van der Waals surface area contributed by atoms with Crippen LogP contribution < -0.4 is 5.73 Å². The number of rotatable bonds is 2. The Kier molecular flexibility index (Phi) is 4.78. The molecule has 0 aromatic heterocycles. The van der Waals surface area contributed by atoms with Crippen LogP contribution in [0.4, 0.5) is 0 Å². The lowest BCUT2D eigenvalue weighted by Crippen LogP contribution is -2.70. The van der Waals surface area contributed by atoms with Gasteiger partial charge in [0, 0.05) is 0 Å². The highest BCUT2D eigenvalue weighted by atomic mass is 16.4. The molecule has 6 atom stereocenters. The van der Waals surface area contributed by atoms with Gasteiger partial charge in [-0.1, -0.05) is 12.1 Å². The van der Waals surface area contributed by atoms with Crippen molar-refractivity contribution in [3.63, 3.8) is 0 Å². The van der Waals surface area contributed by atoms with Crippen LogP contribution in [0.15, 0.2) is 40.9 Å². The molecule has 0 fully saturated rings. The third kappa shape index (κ3) is 2.61. The Hall–Kier alpha value is -3.25. The van der Waals surface area contributed by atoms with E-state index in [1.54, 1.807) is 0 Å². The first-order valence-electron chi connectivity index (χ1n) is 10.1. The molecule has 1 amide bonds. The molecule has 0 radical (unpaired) electrons. The zero-order valence-corrected chi connectivity index (χ0v) is 18.0. The van der Waals surface area contributed by atoms with E-state index in [1.165, 1.54) is 44.1 Å². The minimum Gasteiger partial charge on any atom is -0.510 e. The maximum Gasteiger partial charge on any atom is 0.255 e. The number of amides is 1. The Morgan fingerprint density at radius 2 is 1.73 bits per heavy atom. The normalized spacial score (nSPS) is 36.0. The van der Waals surface area contributed by atoms with Crippen LogP contribution in [0, 0.1) is 11.8 Å². The fraction of sp³-hybridized carbons (Fsp3) is 0.409. The van der Waals surface area contributed by atoms with Crippen LogP contribution in [-0.4, -0.2) is 84.9 Å². The van der Waals surface area contributed by atoms with Gasteiger partial charge in [-0.2, -0.15) is 0 Å². The molecule has 0 aliphatic heterocycles. The van der Waals surface area contributed by atoms with Crippen molar-refractivity contribution in [2.45, 2.75) is 30.3 Å². The van der Waals surface area contributed by atoms with Gasteiger partial charge in [0.15, 0.2) is 11.4 Å². The molecule has 176 valence electrons. The van der Waals surface area contributed by atoms with Crippen molar-refractivity contribution in [1.82, 2.24) is 4.90 Å². The van der Waals surface area contributed by atoms with Crippen molar-refractivity contribution in [2.75, 3.05) is 14.1 Å². The minimum absolute atomic E-state index is 0.0281. The minimum atomic E-state index is -3.02. The molecule has 4 rings (SSSR count). The van der Waals surface area contributed by atoms with Crippen molar-refractivity contribution >= 4 is 17.5 Å². The van der Waals surface area contributed by atoms with Crippen LogP contribution >= 0.6 is 0 Å². The molecule has 0 bridgehead atoms. The monoisotopic (exact) mass is 460 g/mol. The van der Waals surface area contributed by atoms with Gasteiger partial charge in [0.1, 0.15) is 22.8 Å². The van der Waals surface area contributed by atoms with Crippen LogP contribution in [0.2, 0.25) is 0 Å². The van der Waals surface area contributed by atoms with E-state index in [9.17, 15) is 45.0 Å². The number of fused-ring (bicyclic) bond motifs is 3. The molecule has 4 unspecified atom stereocenters. The van der Waals surface area contributed by atoms with E-state index >= 15 is 0 Å². The van der Waals surface area contributed by atoms with Crippen molar-refractivity contribution in [3.05, 3.63) is 52.0 Å². The summed E-state index contributed by atoms with van der Waals surface area (Å²) < 4.78 is 0. The second kappa shape index (κ2) is 6.87. The van der Waals surface area contributed by atoms with Crippen molar-refractivity contribution in [2.24, 2.45) is 17.6 Å². The van der Waals surface area contributed by atoms with Gasteiger partial charge >= 0.3 is 0 Å². The van der Waals surface area contributed by atoms with Gasteiger partial charge in [-0.15, -0.1) is 0 Å². The quantitative estimate of drug-likeness (QED) is 0.262. The van der Waals surface area contributed by atoms with Crippen LogP contribution in [0.1, 0.15) is 22.8 Å². The molecule has 8 N–H and O–H groups in total. The molecule has 11 nitrogen and oxygen atoms in total. The standard InChI is InChI=1S/C22H24N2O9/c1-21(32)7-5-4-6-8(25)9(7)15(26)10-12(21)17(28)13-14(24(2)3)16(27)11(20(23)31)19(30)22(13,33)18(10)29/h4-6,12-14,17,25,27-29,32-33H,1-3H3,(H2,23,31)/t12?,13?,14?,17?,21-,22+/m0/s1. The topological polar surface area (TPSA) is 202 Å². The van der Waals surface area contributed by atoms with Crippen LogP contribution in [0.3, 0.4) is 0 Å². The summed E-state index contributed by atoms with van der Waals surface area (Å²) in [5.41, 5.74) is -1.88. The van der Waals surface area contributed by atoms with E-state index in [1.807, 2.05) is 0 Å². The summed E-state index contributed by atoms with van der Waals surface area (Å²) in [5, 5.41) is 66.5. The van der Waals surface area contributed by atoms with Crippen molar-refractivity contribution in [3.8, 4) is 5.75 Å². The Bertz CT molecular complexity index is 1180. The largest absolute Gasteiger partial charge is 0.510 e. The second-order valence-corrected chi connectivity index (χ2v) is 9.06. The lowest BCUT2D eigenvalue weighted by atomic mass is 9.54. The number of phenolic OH excluding ortho intramolecular Hbond substituents is 1. The highest BCUT2D eigenvalue weighted by Gasteiger charge is 2.69. The zero-order chi connectivity index (χ0) is 24.8. The van der Waals surface area contributed by atoms with Gasteiger partial charge in [0.05, 0.1) is 40.7 Å². The summed E-state index contributed by atoms with van der Waals surface area (Å²) in [6.07, 6.45) is -1.87. The summed E-state index contributed by atoms with van der Waals surface area (Å²) in [4.78, 5) is 39.8. The molecule has 0 heterocycles. The third-order valence-electron chi connectivity index (χ3n) is 7.04. The van der Waals surface area contributed by atoms with Gasteiger partial charge < -0.3 is 36.4 Å². The second-order valence-electron chi connectivity index (χ2n) is 9.06. The maximum atomic E-state index is 13.3. The zero-order valence-electron chi connectivity index (χ0n) is 18.0. The predicted octanol–water partition coefficient (Wildman–Crippen LogP) is -1.24. The Morgan fingerprint density at radius 1 is 1.12 bits per heavy atom. The predicted molar refractivity (Wildman–Crippen MR) is 111 cm³/mol. The Balaban J connectivity index is 2.10. The molecule has 33 heavy (non-hydrogen) atoms. The lowest BCUT2D eigenvalue weighted by molar-refractivity contribution is -0.173. The van der Waals surface area contributed by atoms with Crippen molar-refractivity contribution in [1.29, 1.82) is 0 Å². The Labute approximate surface area is 187 Å². The number of Topliss-reactive ketones (excluding diaryl/α,β-unsaturated/α-hetero) is 2. The maximum absolute atomic E-state index is 13.3. The Morgan fingerprint density at radius 3 is 2.27 bits per heavy atom. The highest BCUT2D eigenvalue weighted by molar-refractivity contribution is 6.25. The summed E-state index contributed by atoms with van der Waals surface area (Å²) in [7, 11) is 2.85. The molecule has 0 saturated heterocycles. The first-order chi connectivity index (χ1) is 15.2. The average Bonchev–Trinajstić information content (AvgIpc) is 2.70. The van der Waals surface area contributed by atoms with Crippen molar-refractivity contribution < 1.29 is 45.0 Å². The SMILES string of the molecule is CN(C)C1C(O)=C(C(N)=O)C(=O)[C@]2(O)C(O)=C3C(=O)c4c(O)cccc4[C@](C)(O)C3C(O)C12. The van der Waals surface area contributed by atoms with Crippen LogP contribution in [0.5, 0.6) is 5.75 Å². The number of hydrogen-bond acceptors (Lipinski definition) is 10. The number of carbonyl (C=O) groups excluding carboxylic acids is 3. The van der Waals surface area contributed by atoms with E-state index < -0.39 is 81.1 Å². The molecule has 3 aliphatic rings. The van der Waals surface area contributed by atoms with Gasteiger partial charge in [-0.05, 0) is 32.6 Å². The fourth-order valence-electron chi connectivity index (χ4n) is 5.60. The molecule has 0 spiro atoms. The number of aliphatic hydroxyl groups excluding tert-OH is 3. The van der Waals surface area contributed by atoms with E-state index in [4.69, 9.17) is 5.73 Å². The molecular weight excluding hydrogens is 436 g/mol. The summed E-state index contributed by atoms with van der Waals surface area (Å²) >= 11 is 0. The molecule has 11 heteroatoms.